The molecule has 1 amide bonds. The Morgan fingerprint density at radius 2 is 2.16 bits per heavy atom. The van der Waals surface area contributed by atoms with Crippen LogP contribution in [-0.4, -0.2) is 36.4 Å². The SMILES string of the molecule is CS(=O)Cc1ccc(N2CC(=O)NS2(=O)=O)c(O)c1. The van der Waals surface area contributed by atoms with Crippen molar-refractivity contribution < 1.29 is 22.5 Å². The van der Waals surface area contributed by atoms with Gasteiger partial charge in [0.25, 0.3) is 5.91 Å². The Labute approximate surface area is 112 Å². The summed E-state index contributed by atoms with van der Waals surface area (Å²) in [6.45, 7) is -0.366. The quantitative estimate of drug-likeness (QED) is 0.780. The third-order valence-electron chi connectivity index (χ3n) is 2.50. The van der Waals surface area contributed by atoms with Crippen molar-refractivity contribution in [3.63, 3.8) is 0 Å². The first-order chi connectivity index (χ1) is 8.79. The van der Waals surface area contributed by atoms with Crippen LogP contribution in [-0.2, 0) is 31.6 Å². The second-order valence-corrected chi connectivity index (χ2v) is 7.11. The molecule has 0 radical (unpaired) electrons. The summed E-state index contributed by atoms with van der Waals surface area (Å²) in [5.74, 6) is -0.668. The van der Waals surface area contributed by atoms with Gasteiger partial charge in [0.1, 0.15) is 12.3 Å². The van der Waals surface area contributed by atoms with Crippen molar-refractivity contribution in [2.75, 3.05) is 17.1 Å². The Kier molecular flexibility index (Phi) is 3.50. The van der Waals surface area contributed by atoms with Crippen molar-refractivity contribution in [3.05, 3.63) is 23.8 Å². The molecule has 1 saturated heterocycles. The molecule has 0 aliphatic carbocycles. The van der Waals surface area contributed by atoms with Gasteiger partial charge < -0.3 is 5.11 Å². The van der Waals surface area contributed by atoms with Gasteiger partial charge in [0.15, 0.2) is 0 Å². The second kappa shape index (κ2) is 4.82. The highest BCUT2D eigenvalue weighted by Gasteiger charge is 2.35. The number of carbonyl (C=O) groups is 1. The summed E-state index contributed by atoms with van der Waals surface area (Å²) in [6.07, 6.45) is 1.53. The van der Waals surface area contributed by atoms with Crippen LogP contribution in [0.15, 0.2) is 18.2 Å². The van der Waals surface area contributed by atoms with E-state index in [2.05, 4.69) is 0 Å². The fraction of sp³-hybridized carbons (Fsp3) is 0.300. The van der Waals surface area contributed by atoms with Crippen LogP contribution in [0, 0.1) is 0 Å². The van der Waals surface area contributed by atoms with E-state index in [1.54, 1.807) is 6.07 Å². The molecule has 19 heavy (non-hydrogen) atoms. The number of aromatic hydroxyl groups is 1. The number of phenols is 1. The third-order valence-corrected chi connectivity index (χ3v) is 4.63. The molecule has 0 spiro atoms. The van der Waals surface area contributed by atoms with Gasteiger partial charge in [-0.05, 0) is 17.7 Å². The van der Waals surface area contributed by atoms with Crippen LogP contribution in [0.1, 0.15) is 5.56 Å². The summed E-state index contributed by atoms with van der Waals surface area (Å²) >= 11 is 0. The van der Waals surface area contributed by atoms with E-state index >= 15 is 0 Å². The number of benzene rings is 1. The molecule has 1 atom stereocenters. The largest absolute Gasteiger partial charge is 0.506 e. The first-order valence-corrected chi connectivity index (χ1v) is 8.41. The van der Waals surface area contributed by atoms with Crippen molar-refractivity contribution in [1.82, 2.24) is 4.72 Å². The number of hydrogen-bond donors (Lipinski definition) is 2. The van der Waals surface area contributed by atoms with Gasteiger partial charge in [0.05, 0.1) is 5.69 Å². The van der Waals surface area contributed by atoms with E-state index in [-0.39, 0.29) is 23.7 Å². The van der Waals surface area contributed by atoms with Crippen LogP contribution in [0.5, 0.6) is 5.75 Å². The molecule has 7 nitrogen and oxygen atoms in total. The minimum Gasteiger partial charge on any atom is -0.506 e. The van der Waals surface area contributed by atoms with Gasteiger partial charge in [0.2, 0.25) is 0 Å². The van der Waals surface area contributed by atoms with Crippen LogP contribution >= 0.6 is 0 Å². The van der Waals surface area contributed by atoms with Gasteiger partial charge in [-0.2, -0.15) is 8.42 Å². The number of anilines is 1. The number of nitrogens with one attached hydrogen (secondary N) is 1. The van der Waals surface area contributed by atoms with Gasteiger partial charge in [0, 0.05) is 22.8 Å². The van der Waals surface area contributed by atoms with Crippen LogP contribution in [0.4, 0.5) is 5.69 Å². The zero-order chi connectivity index (χ0) is 14.2. The Morgan fingerprint density at radius 3 is 2.63 bits per heavy atom. The van der Waals surface area contributed by atoms with Crippen molar-refractivity contribution >= 4 is 32.6 Å². The molecule has 0 aromatic heterocycles. The Hall–Kier alpha value is -1.61. The molecule has 1 aromatic carbocycles. The topological polar surface area (TPSA) is 104 Å². The minimum atomic E-state index is -3.93. The Balaban J connectivity index is 2.37. The summed E-state index contributed by atoms with van der Waals surface area (Å²) in [6, 6.07) is 4.29. The predicted molar refractivity (Wildman–Crippen MR) is 70.3 cm³/mol. The number of phenolic OH excluding ortho intramolecular Hbond substituents is 1. The standard InChI is InChI=1S/C10H12N2O5S2/c1-18(15)6-7-2-3-8(9(13)4-7)12-5-10(14)11-19(12,16)17/h2-4,13H,5-6H2,1H3,(H,11,14). The lowest BCUT2D eigenvalue weighted by atomic mass is 10.2. The van der Waals surface area contributed by atoms with Crippen molar-refractivity contribution in [2.24, 2.45) is 0 Å². The molecule has 0 saturated carbocycles. The maximum Gasteiger partial charge on any atom is 0.326 e. The molecule has 1 aliphatic rings. The van der Waals surface area contributed by atoms with Crippen LogP contribution < -0.4 is 9.03 Å². The summed E-state index contributed by atoms with van der Waals surface area (Å²) in [5, 5.41) is 9.84. The number of nitrogens with zero attached hydrogens (tertiary/aromatic N) is 1. The molecule has 1 aromatic rings. The first-order valence-electron chi connectivity index (χ1n) is 5.25. The zero-order valence-corrected chi connectivity index (χ0v) is 11.6. The highest BCUT2D eigenvalue weighted by atomic mass is 32.2. The molecule has 2 N–H and O–H groups in total. The van der Waals surface area contributed by atoms with Gasteiger partial charge in [-0.1, -0.05) is 6.07 Å². The van der Waals surface area contributed by atoms with Crippen LogP contribution in [0.3, 0.4) is 0 Å². The molecule has 1 unspecified atom stereocenters. The van der Waals surface area contributed by atoms with E-state index in [0.29, 0.717) is 5.56 Å². The Bertz CT molecular complexity index is 656. The van der Waals surface area contributed by atoms with E-state index in [4.69, 9.17) is 0 Å². The molecule has 1 aliphatic heterocycles. The van der Waals surface area contributed by atoms with E-state index in [1.807, 2.05) is 4.72 Å². The van der Waals surface area contributed by atoms with Crippen molar-refractivity contribution in [2.45, 2.75) is 5.75 Å². The number of carbonyl (C=O) groups excluding carboxylic acids is 1. The smallest absolute Gasteiger partial charge is 0.326 e. The predicted octanol–water partition coefficient (Wildman–Crippen LogP) is -0.548. The molecule has 9 heteroatoms. The minimum absolute atomic E-state index is 0.0176. The number of hydrogen-bond acceptors (Lipinski definition) is 5. The lowest BCUT2D eigenvalue weighted by Gasteiger charge is -2.16. The summed E-state index contributed by atoms with van der Waals surface area (Å²) < 4.78 is 36.9. The maximum absolute atomic E-state index is 11.6. The fourth-order valence-electron chi connectivity index (χ4n) is 1.77. The molecular weight excluding hydrogens is 292 g/mol. The van der Waals surface area contributed by atoms with E-state index in [9.17, 15) is 22.5 Å². The van der Waals surface area contributed by atoms with E-state index in [0.717, 1.165) is 4.31 Å². The summed E-state index contributed by atoms with van der Waals surface area (Å²) in [4.78, 5) is 11.1. The van der Waals surface area contributed by atoms with Gasteiger partial charge in [-0.15, -0.1) is 0 Å². The number of rotatable bonds is 3. The van der Waals surface area contributed by atoms with Crippen molar-refractivity contribution in [3.8, 4) is 5.75 Å². The number of amides is 1. The highest BCUT2D eigenvalue weighted by Crippen LogP contribution is 2.31. The fourth-order valence-corrected chi connectivity index (χ4v) is 3.58. The molecule has 104 valence electrons. The molecular formula is C10H12N2O5S2. The summed E-state index contributed by atoms with van der Waals surface area (Å²) in [5.41, 5.74) is 0.641. The van der Waals surface area contributed by atoms with Crippen molar-refractivity contribution in [1.29, 1.82) is 0 Å². The average Bonchev–Trinajstić information content (AvgIpc) is 2.51. The van der Waals surface area contributed by atoms with Gasteiger partial charge in [-0.25, -0.2) is 9.03 Å². The Morgan fingerprint density at radius 1 is 1.47 bits per heavy atom. The first kappa shape index (κ1) is 13.8. The van der Waals surface area contributed by atoms with Crippen LogP contribution in [0.2, 0.25) is 0 Å². The van der Waals surface area contributed by atoms with Crippen LogP contribution in [0.25, 0.3) is 0 Å². The maximum atomic E-state index is 11.6. The highest BCUT2D eigenvalue weighted by molar-refractivity contribution is 7.92. The third kappa shape index (κ3) is 2.87. The van der Waals surface area contributed by atoms with E-state index < -0.39 is 26.9 Å². The zero-order valence-electron chi connectivity index (χ0n) is 9.99. The van der Waals surface area contributed by atoms with E-state index in [1.165, 1.54) is 18.4 Å². The normalized spacial score (nSPS) is 19.2. The molecule has 1 fully saturated rings. The molecule has 0 bridgehead atoms. The second-order valence-electron chi connectivity index (χ2n) is 4.08. The average molecular weight is 304 g/mol. The lowest BCUT2D eigenvalue weighted by Crippen LogP contribution is -2.29. The molecule has 2 rings (SSSR count). The van der Waals surface area contributed by atoms with Gasteiger partial charge in [-0.3, -0.25) is 9.00 Å². The summed E-state index contributed by atoms with van der Waals surface area (Å²) in [7, 11) is -5.00. The molecule has 1 heterocycles. The van der Waals surface area contributed by atoms with Gasteiger partial charge >= 0.3 is 10.2 Å². The monoisotopic (exact) mass is 304 g/mol. The lowest BCUT2D eigenvalue weighted by molar-refractivity contribution is -0.117.